The quantitative estimate of drug-likeness (QED) is 0.457. The molecule has 0 amide bonds. The van der Waals surface area contributed by atoms with Gasteiger partial charge in [0, 0.05) is 17.3 Å². The number of pyridine rings is 1. The molecule has 0 spiro atoms. The van der Waals surface area contributed by atoms with E-state index in [1.54, 1.807) is 4.57 Å². The van der Waals surface area contributed by atoms with Gasteiger partial charge in [-0.15, -0.1) is 0 Å². The number of hydrogen-bond donors (Lipinski definition) is 0. The van der Waals surface area contributed by atoms with Crippen molar-refractivity contribution in [2.45, 2.75) is 31.1 Å². The Morgan fingerprint density at radius 1 is 0.867 bits per heavy atom. The first-order valence-corrected chi connectivity index (χ1v) is 10.5. The van der Waals surface area contributed by atoms with Crippen molar-refractivity contribution >= 4 is 17.1 Å². The van der Waals surface area contributed by atoms with Crippen LogP contribution in [-0.2, 0) is 23.1 Å². The normalized spacial score (nSPS) is 18.1. The highest BCUT2D eigenvalue weighted by atomic mass is 16.1. The average Bonchev–Trinajstić information content (AvgIpc) is 2.81. The number of benzene rings is 3. The maximum Gasteiger partial charge on any atom is 0.262 e. The molecule has 1 aliphatic carbocycles. The summed E-state index contributed by atoms with van der Waals surface area (Å²) in [5.74, 6) is 0. The molecule has 1 aliphatic rings. The first-order valence-electron chi connectivity index (χ1n) is 10.5. The lowest BCUT2D eigenvalue weighted by atomic mass is 9.67. The number of para-hydroxylation sites is 1. The smallest absolute Gasteiger partial charge is 0.262 e. The van der Waals surface area contributed by atoms with Crippen LogP contribution < -0.4 is 5.56 Å². The molecule has 0 fully saturated rings. The lowest BCUT2D eigenvalue weighted by Gasteiger charge is -2.35. The van der Waals surface area contributed by atoms with Gasteiger partial charge in [0.1, 0.15) is 6.29 Å². The second-order valence-corrected chi connectivity index (χ2v) is 8.17. The zero-order valence-corrected chi connectivity index (χ0v) is 16.8. The number of carbonyl (C=O) groups is 1. The highest BCUT2D eigenvalue weighted by Crippen LogP contribution is 2.39. The topological polar surface area (TPSA) is 39.1 Å². The first kappa shape index (κ1) is 18.6. The van der Waals surface area contributed by atoms with E-state index < -0.39 is 5.41 Å². The van der Waals surface area contributed by atoms with Crippen LogP contribution in [0.4, 0.5) is 0 Å². The second-order valence-electron chi connectivity index (χ2n) is 8.17. The molecule has 3 aromatic carbocycles. The van der Waals surface area contributed by atoms with Crippen LogP contribution in [0.1, 0.15) is 29.5 Å². The molecule has 0 aliphatic heterocycles. The van der Waals surface area contributed by atoms with E-state index in [4.69, 9.17) is 0 Å². The second kappa shape index (κ2) is 7.42. The van der Waals surface area contributed by atoms with Gasteiger partial charge in [-0.05, 0) is 66.0 Å². The van der Waals surface area contributed by atoms with Crippen molar-refractivity contribution < 1.29 is 4.79 Å². The van der Waals surface area contributed by atoms with Crippen molar-refractivity contribution in [1.29, 1.82) is 0 Å². The molecule has 0 N–H and O–H groups in total. The van der Waals surface area contributed by atoms with Gasteiger partial charge in [-0.25, -0.2) is 0 Å². The molecule has 0 bridgehead atoms. The monoisotopic (exact) mass is 393 g/mol. The molecule has 1 atom stereocenters. The Hall–Kier alpha value is -3.46. The Morgan fingerprint density at radius 3 is 2.37 bits per heavy atom. The van der Waals surface area contributed by atoms with Crippen molar-refractivity contribution in [3.8, 4) is 5.69 Å². The number of rotatable bonds is 4. The van der Waals surface area contributed by atoms with Crippen LogP contribution in [0.5, 0.6) is 0 Å². The van der Waals surface area contributed by atoms with Gasteiger partial charge in [-0.2, -0.15) is 0 Å². The van der Waals surface area contributed by atoms with Crippen LogP contribution >= 0.6 is 0 Å². The average molecular weight is 393 g/mol. The van der Waals surface area contributed by atoms with E-state index in [-0.39, 0.29) is 5.56 Å². The minimum Gasteiger partial charge on any atom is -0.302 e. The number of aryl methyl sites for hydroxylation is 1. The number of hydrogen-bond acceptors (Lipinski definition) is 2. The molecule has 1 unspecified atom stereocenters. The molecule has 0 saturated carbocycles. The van der Waals surface area contributed by atoms with E-state index >= 15 is 0 Å². The summed E-state index contributed by atoms with van der Waals surface area (Å²) in [6.07, 6.45) is 6.48. The Kier molecular flexibility index (Phi) is 4.59. The third-order valence-corrected chi connectivity index (χ3v) is 6.40. The minimum atomic E-state index is -0.559. The molecule has 0 saturated heterocycles. The predicted molar refractivity (Wildman–Crippen MR) is 120 cm³/mol. The largest absolute Gasteiger partial charge is 0.302 e. The van der Waals surface area contributed by atoms with E-state index in [0.717, 1.165) is 47.7 Å². The number of fused-ring (bicyclic) bond motifs is 2. The van der Waals surface area contributed by atoms with Gasteiger partial charge in [0.15, 0.2) is 0 Å². The van der Waals surface area contributed by atoms with Gasteiger partial charge >= 0.3 is 0 Å². The molecule has 30 heavy (non-hydrogen) atoms. The fraction of sp³-hybridized carbons (Fsp3) is 0.185. The predicted octanol–water partition coefficient (Wildman–Crippen LogP) is 5.01. The summed E-state index contributed by atoms with van der Waals surface area (Å²) in [7, 11) is 0. The Balaban J connectivity index is 1.73. The Morgan fingerprint density at radius 2 is 1.57 bits per heavy atom. The molecule has 4 aromatic rings. The maximum absolute atomic E-state index is 13.2. The highest BCUT2D eigenvalue weighted by molar-refractivity contribution is 5.86. The summed E-state index contributed by atoms with van der Waals surface area (Å²) in [6.45, 7) is 0. The molecule has 148 valence electrons. The SMILES string of the molecule is O=CC1(Cc2cn(-c3ccccc3)c(=O)c3ccccc23)CCCc2ccccc21. The van der Waals surface area contributed by atoms with Gasteiger partial charge in [0.25, 0.3) is 5.56 Å². The molecular weight excluding hydrogens is 370 g/mol. The first-order chi connectivity index (χ1) is 14.7. The maximum atomic E-state index is 13.2. The van der Waals surface area contributed by atoms with Gasteiger partial charge < -0.3 is 4.79 Å². The number of aromatic nitrogens is 1. The van der Waals surface area contributed by atoms with Crippen molar-refractivity contribution in [2.24, 2.45) is 0 Å². The van der Waals surface area contributed by atoms with E-state index in [2.05, 4.69) is 12.1 Å². The molecule has 3 nitrogen and oxygen atoms in total. The summed E-state index contributed by atoms with van der Waals surface area (Å²) in [5, 5.41) is 1.61. The van der Waals surface area contributed by atoms with Gasteiger partial charge in [-0.3, -0.25) is 9.36 Å². The summed E-state index contributed by atoms with van der Waals surface area (Å²) < 4.78 is 1.71. The lowest BCUT2D eigenvalue weighted by Crippen LogP contribution is -2.35. The van der Waals surface area contributed by atoms with Crippen LogP contribution in [0.3, 0.4) is 0 Å². The van der Waals surface area contributed by atoms with E-state index in [9.17, 15) is 9.59 Å². The highest BCUT2D eigenvalue weighted by Gasteiger charge is 2.37. The molecule has 0 radical (unpaired) electrons. The van der Waals surface area contributed by atoms with E-state index in [1.807, 2.05) is 72.9 Å². The number of carbonyl (C=O) groups excluding carboxylic acids is 1. The molecule has 1 aromatic heterocycles. The molecular formula is C27H23NO2. The third kappa shape index (κ3) is 2.98. The van der Waals surface area contributed by atoms with Crippen molar-refractivity contribution in [3.63, 3.8) is 0 Å². The zero-order valence-electron chi connectivity index (χ0n) is 16.8. The van der Waals surface area contributed by atoms with Crippen molar-refractivity contribution in [2.75, 3.05) is 0 Å². The van der Waals surface area contributed by atoms with Crippen LogP contribution in [0, 0.1) is 0 Å². The minimum absolute atomic E-state index is 0.0373. The van der Waals surface area contributed by atoms with E-state index in [1.165, 1.54) is 5.56 Å². The van der Waals surface area contributed by atoms with Crippen LogP contribution in [0.2, 0.25) is 0 Å². The third-order valence-electron chi connectivity index (χ3n) is 6.40. The van der Waals surface area contributed by atoms with Crippen LogP contribution in [0.25, 0.3) is 16.5 Å². The molecule has 5 rings (SSSR count). The fourth-order valence-electron chi connectivity index (χ4n) is 4.93. The van der Waals surface area contributed by atoms with Crippen LogP contribution in [-0.4, -0.2) is 10.9 Å². The van der Waals surface area contributed by atoms with Crippen molar-refractivity contribution in [1.82, 2.24) is 4.57 Å². The zero-order chi connectivity index (χ0) is 20.6. The van der Waals surface area contributed by atoms with E-state index in [0.29, 0.717) is 11.8 Å². The lowest BCUT2D eigenvalue weighted by molar-refractivity contribution is -0.113. The molecule has 1 heterocycles. The van der Waals surface area contributed by atoms with Gasteiger partial charge in [0.2, 0.25) is 0 Å². The molecule has 3 heteroatoms. The summed E-state index contributed by atoms with van der Waals surface area (Å²) in [4.78, 5) is 25.8. The Labute approximate surface area is 175 Å². The standard InChI is InChI=1S/C27H23NO2/c29-19-27(16-8-10-20-9-4-7-15-25(20)27)17-21-18-28(22-11-2-1-3-12-22)26(30)24-14-6-5-13-23(21)24/h1-7,9,11-15,18-19H,8,10,16-17H2. The van der Waals surface area contributed by atoms with Gasteiger partial charge in [0.05, 0.1) is 5.41 Å². The van der Waals surface area contributed by atoms with Crippen molar-refractivity contribution in [3.05, 3.63) is 112 Å². The summed E-state index contributed by atoms with van der Waals surface area (Å²) in [5.41, 5.74) is 3.65. The number of aldehydes is 1. The summed E-state index contributed by atoms with van der Waals surface area (Å²) in [6, 6.07) is 25.7. The fourth-order valence-corrected chi connectivity index (χ4v) is 4.93. The summed E-state index contributed by atoms with van der Waals surface area (Å²) >= 11 is 0. The Bertz CT molecular complexity index is 1290. The van der Waals surface area contributed by atoms with Crippen LogP contribution in [0.15, 0.2) is 89.9 Å². The number of nitrogens with zero attached hydrogens (tertiary/aromatic N) is 1. The van der Waals surface area contributed by atoms with Gasteiger partial charge in [-0.1, -0.05) is 60.7 Å².